The molecule has 0 unspecified atom stereocenters. The van der Waals surface area contributed by atoms with Crippen LogP contribution in [0.15, 0.2) is 24.3 Å². The first kappa shape index (κ1) is 13.0. The summed E-state index contributed by atoms with van der Waals surface area (Å²) in [4.78, 5) is 10.4. The molecule has 0 bridgehead atoms. The molecule has 1 fully saturated rings. The van der Waals surface area contributed by atoms with Crippen LogP contribution in [-0.2, 0) is 0 Å². The van der Waals surface area contributed by atoms with Gasteiger partial charge in [0, 0.05) is 12.1 Å². The Hall–Kier alpha value is -1.42. The van der Waals surface area contributed by atoms with E-state index in [0.717, 1.165) is 37.3 Å². The monoisotopic (exact) mass is 248 g/mol. The maximum absolute atomic E-state index is 10.8. The maximum Gasteiger partial charge on any atom is 0.269 e. The molecule has 0 heterocycles. The number of non-ortho nitro benzene ring substituents is 1. The van der Waals surface area contributed by atoms with Crippen molar-refractivity contribution in [1.82, 2.24) is 0 Å². The topological polar surface area (TPSA) is 69.2 Å². The average molecular weight is 248 g/mol. The van der Waals surface area contributed by atoms with Crippen molar-refractivity contribution < 1.29 is 4.92 Å². The van der Waals surface area contributed by atoms with Crippen molar-refractivity contribution in [3.8, 4) is 0 Å². The highest BCUT2D eigenvalue weighted by molar-refractivity contribution is 5.36. The van der Waals surface area contributed by atoms with E-state index in [1.165, 1.54) is 12.8 Å². The standard InChI is InChI=1S/C14H20N2O2/c15-9-8-11-4-6-12(7-5-11)13-2-1-3-14(10-13)16(17)18/h1-3,10-12H,4-9,15H2. The normalized spacial score (nSPS) is 23.8. The van der Waals surface area contributed by atoms with Gasteiger partial charge in [0.05, 0.1) is 4.92 Å². The summed E-state index contributed by atoms with van der Waals surface area (Å²) in [6.45, 7) is 0.770. The molecule has 1 aliphatic rings. The van der Waals surface area contributed by atoms with Gasteiger partial charge in [-0.3, -0.25) is 10.1 Å². The van der Waals surface area contributed by atoms with Gasteiger partial charge in [-0.1, -0.05) is 12.1 Å². The Morgan fingerprint density at radius 1 is 1.28 bits per heavy atom. The van der Waals surface area contributed by atoms with Gasteiger partial charge in [0.2, 0.25) is 0 Å². The lowest BCUT2D eigenvalue weighted by Crippen LogP contribution is -2.16. The van der Waals surface area contributed by atoms with Gasteiger partial charge in [-0.15, -0.1) is 0 Å². The minimum absolute atomic E-state index is 0.205. The fourth-order valence-electron chi connectivity index (χ4n) is 2.91. The van der Waals surface area contributed by atoms with Crippen molar-refractivity contribution in [2.45, 2.75) is 38.0 Å². The van der Waals surface area contributed by atoms with E-state index < -0.39 is 0 Å². The maximum atomic E-state index is 10.8. The molecule has 0 aliphatic heterocycles. The minimum atomic E-state index is -0.316. The van der Waals surface area contributed by atoms with Gasteiger partial charge in [-0.05, 0) is 56.0 Å². The Morgan fingerprint density at radius 3 is 2.61 bits per heavy atom. The number of nitrogens with zero attached hydrogens (tertiary/aromatic N) is 1. The number of nitro groups is 1. The third-order valence-corrected chi connectivity index (χ3v) is 3.97. The Kier molecular flexibility index (Phi) is 4.31. The Balaban J connectivity index is 2.01. The summed E-state index contributed by atoms with van der Waals surface area (Å²) in [6.07, 6.45) is 5.77. The fraction of sp³-hybridized carbons (Fsp3) is 0.571. The molecule has 4 heteroatoms. The number of benzene rings is 1. The largest absolute Gasteiger partial charge is 0.330 e. The summed E-state index contributed by atoms with van der Waals surface area (Å²) in [5.41, 5.74) is 6.91. The van der Waals surface area contributed by atoms with Gasteiger partial charge >= 0.3 is 0 Å². The fourth-order valence-corrected chi connectivity index (χ4v) is 2.91. The first-order chi connectivity index (χ1) is 8.70. The van der Waals surface area contributed by atoms with Crippen LogP contribution in [0.25, 0.3) is 0 Å². The molecule has 0 atom stereocenters. The Labute approximate surface area is 107 Å². The van der Waals surface area contributed by atoms with Crippen molar-refractivity contribution in [2.24, 2.45) is 11.7 Å². The zero-order valence-electron chi connectivity index (χ0n) is 10.5. The van der Waals surface area contributed by atoms with Crippen LogP contribution in [0.4, 0.5) is 5.69 Å². The van der Waals surface area contributed by atoms with Crippen LogP contribution < -0.4 is 5.73 Å². The summed E-state index contributed by atoms with van der Waals surface area (Å²) in [6, 6.07) is 7.10. The lowest BCUT2D eigenvalue weighted by molar-refractivity contribution is -0.384. The minimum Gasteiger partial charge on any atom is -0.330 e. The molecule has 1 aromatic rings. The molecule has 2 rings (SSSR count). The van der Waals surface area contributed by atoms with Crippen LogP contribution in [0.5, 0.6) is 0 Å². The van der Waals surface area contributed by atoms with Crippen molar-refractivity contribution in [1.29, 1.82) is 0 Å². The van der Waals surface area contributed by atoms with Gasteiger partial charge in [-0.25, -0.2) is 0 Å². The summed E-state index contributed by atoms with van der Waals surface area (Å²) in [7, 11) is 0. The molecule has 2 N–H and O–H groups in total. The molecule has 4 nitrogen and oxygen atoms in total. The third-order valence-electron chi connectivity index (χ3n) is 3.97. The van der Waals surface area contributed by atoms with Gasteiger partial charge in [0.25, 0.3) is 5.69 Å². The smallest absolute Gasteiger partial charge is 0.269 e. The zero-order valence-corrected chi connectivity index (χ0v) is 10.5. The molecule has 98 valence electrons. The molecule has 0 aromatic heterocycles. The van der Waals surface area contributed by atoms with Crippen LogP contribution >= 0.6 is 0 Å². The highest BCUT2D eigenvalue weighted by Crippen LogP contribution is 2.37. The van der Waals surface area contributed by atoms with E-state index in [0.29, 0.717) is 5.92 Å². The second-order valence-electron chi connectivity index (χ2n) is 5.15. The van der Waals surface area contributed by atoms with E-state index in [1.54, 1.807) is 18.2 Å². The van der Waals surface area contributed by atoms with Crippen molar-refractivity contribution >= 4 is 5.69 Å². The first-order valence-corrected chi connectivity index (χ1v) is 6.65. The molecule has 1 saturated carbocycles. The van der Waals surface area contributed by atoms with Gasteiger partial charge in [-0.2, -0.15) is 0 Å². The van der Waals surface area contributed by atoms with Gasteiger partial charge in [0.15, 0.2) is 0 Å². The highest BCUT2D eigenvalue weighted by Gasteiger charge is 2.22. The molecule has 1 aliphatic carbocycles. The molecular formula is C14H20N2O2. The van der Waals surface area contributed by atoms with E-state index in [4.69, 9.17) is 5.73 Å². The summed E-state index contributed by atoms with van der Waals surface area (Å²) < 4.78 is 0. The number of rotatable bonds is 4. The molecule has 0 radical (unpaired) electrons. The molecule has 0 spiro atoms. The quantitative estimate of drug-likeness (QED) is 0.657. The van der Waals surface area contributed by atoms with E-state index in [-0.39, 0.29) is 10.6 Å². The molecular weight excluding hydrogens is 228 g/mol. The van der Waals surface area contributed by atoms with Crippen molar-refractivity contribution in [2.75, 3.05) is 6.54 Å². The molecule has 18 heavy (non-hydrogen) atoms. The summed E-state index contributed by atoms with van der Waals surface area (Å²) >= 11 is 0. The third kappa shape index (κ3) is 3.07. The SMILES string of the molecule is NCCC1CCC(c2cccc([N+](=O)[O-])c2)CC1. The van der Waals surface area contributed by atoms with E-state index in [1.807, 2.05) is 6.07 Å². The lowest BCUT2D eigenvalue weighted by Gasteiger charge is -2.28. The van der Waals surface area contributed by atoms with Crippen LogP contribution in [0, 0.1) is 16.0 Å². The Bertz CT molecular complexity index is 412. The second kappa shape index (κ2) is 5.96. The lowest BCUT2D eigenvalue weighted by atomic mass is 9.77. The second-order valence-corrected chi connectivity index (χ2v) is 5.15. The number of nitrogens with two attached hydrogens (primary N) is 1. The number of hydrogen-bond acceptors (Lipinski definition) is 3. The number of nitro benzene ring substituents is 1. The van der Waals surface area contributed by atoms with Crippen LogP contribution in [0.2, 0.25) is 0 Å². The first-order valence-electron chi connectivity index (χ1n) is 6.65. The van der Waals surface area contributed by atoms with Crippen LogP contribution in [0.3, 0.4) is 0 Å². The van der Waals surface area contributed by atoms with E-state index in [9.17, 15) is 10.1 Å². The summed E-state index contributed by atoms with van der Waals surface area (Å²) in [5.74, 6) is 1.24. The molecule has 1 aromatic carbocycles. The van der Waals surface area contributed by atoms with Crippen molar-refractivity contribution in [3.05, 3.63) is 39.9 Å². The molecule has 0 saturated heterocycles. The summed E-state index contributed by atoms with van der Waals surface area (Å²) in [5, 5.41) is 10.8. The van der Waals surface area contributed by atoms with E-state index >= 15 is 0 Å². The zero-order chi connectivity index (χ0) is 13.0. The van der Waals surface area contributed by atoms with Crippen LogP contribution in [0.1, 0.15) is 43.6 Å². The van der Waals surface area contributed by atoms with E-state index in [2.05, 4.69) is 0 Å². The van der Waals surface area contributed by atoms with Crippen molar-refractivity contribution in [3.63, 3.8) is 0 Å². The average Bonchev–Trinajstić information content (AvgIpc) is 2.40. The van der Waals surface area contributed by atoms with Gasteiger partial charge in [0.1, 0.15) is 0 Å². The predicted molar refractivity (Wildman–Crippen MR) is 71.5 cm³/mol. The Morgan fingerprint density at radius 2 is 2.00 bits per heavy atom. The predicted octanol–water partition coefficient (Wildman–Crippen LogP) is 3.22. The number of hydrogen-bond donors (Lipinski definition) is 1. The highest BCUT2D eigenvalue weighted by atomic mass is 16.6. The van der Waals surface area contributed by atoms with Crippen LogP contribution in [-0.4, -0.2) is 11.5 Å². The van der Waals surface area contributed by atoms with Gasteiger partial charge < -0.3 is 5.73 Å². The molecule has 0 amide bonds.